The highest BCUT2D eigenvalue weighted by Crippen LogP contribution is 2.18. The lowest BCUT2D eigenvalue weighted by molar-refractivity contribution is 0.588. The van der Waals surface area contributed by atoms with E-state index in [9.17, 15) is 0 Å². The van der Waals surface area contributed by atoms with Crippen LogP contribution in [0.1, 0.15) is 25.0 Å². The first-order valence-corrected chi connectivity index (χ1v) is 5.51. The highest BCUT2D eigenvalue weighted by Gasteiger charge is 2.02. The van der Waals surface area contributed by atoms with Crippen molar-refractivity contribution in [3.63, 3.8) is 0 Å². The molecule has 0 spiro atoms. The SMILES string of the molecule is Cc1cc(CNC(C)C)ccc1N(C)C. The van der Waals surface area contributed by atoms with E-state index in [4.69, 9.17) is 0 Å². The second kappa shape index (κ2) is 5.17. The van der Waals surface area contributed by atoms with E-state index >= 15 is 0 Å². The Kier molecular flexibility index (Phi) is 4.15. The van der Waals surface area contributed by atoms with E-state index in [0.29, 0.717) is 6.04 Å². The van der Waals surface area contributed by atoms with E-state index < -0.39 is 0 Å². The predicted octanol–water partition coefficient (Wildman–Crippen LogP) is 2.56. The summed E-state index contributed by atoms with van der Waals surface area (Å²) in [6.45, 7) is 7.45. The summed E-state index contributed by atoms with van der Waals surface area (Å²) in [5.74, 6) is 0. The molecule has 0 aliphatic heterocycles. The second-order valence-electron chi connectivity index (χ2n) is 4.55. The van der Waals surface area contributed by atoms with Gasteiger partial charge in [0.05, 0.1) is 0 Å². The van der Waals surface area contributed by atoms with Crippen molar-refractivity contribution in [3.8, 4) is 0 Å². The molecule has 1 N–H and O–H groups in total. The van der Waals surface area contributed by atoms with Crippen LogP contribution >= 0.6 is 0 Å². The Labute approximate surface area is 93.3 Å². The zero-order chi connectivity index (χ0) is 11.4. The molecule has 0 fully saturated rings. The number of nitrogens with zero attached hydrogens (tertiary/aromatic N) is 1. The summed E-state index contributed by atoms with van der Waals surface area (Å²) in [7, 11) is 4.16. The standard InChI is InChI=1S/C13H22N2/c1-10(2)14-9-12-6-7-13(15(4)5)11(3)8-12/h6-8,10,14H,9H2,1-5H3. The fourth-order valence-electron chi connectivity index (χ4n) is 1.65. The maximum Gasteiger partial charge on any atom is 0.0390 e. The molecule has 2 nitrogen and oxygen atoms in total. The van der Waals surface area contributed by atoms with Crippen LogP contribution in [0.2, 0.25) is 0 Å². The van der Waals surface area contributed by atoms with E-state index in [2.05, 4.69) is 63.3 Å². The summed E-state index contributed by atoms with van der Waals surface area (Å²) in [5, 5.41) is 3.42. The summed E-state index contributed by atoms with van der Waals surface area (Å²) in [5.41, 5.74) is 3.98. The smallest absolute Gasteiger partial charge is 0.0390 e. The number of anilines is 1. The Morgan fingerprint density at radius 2 is 1.93 bits per heavy atom. The second-order valence-corrected chi connectivity index (χ2v) is 4.55. The van der Waals surface area contributed by atoms with Crippen molar-refractivity contribution < 1.29 is 0 Å². The first-order valence-electron chi connectivity index (χ1n) is 5.51. The van der Waals surface area contributed by atoms with Gasteiger partial charge in [0.2, 0.25) is 0 Å². The fourth-order valence-corrected chi connectivity index (χ4v) is 1.65. The zero-order valence-corrected chi connectivity index (χ0v) is 10.5. The van der Waals surface area contributed by atoms with E-state index in [0.717, 1.165) is 6.54 Å². The Morgan fingerprint density at radius 3 is 2.40 bits per heavy atom. The topological polar surface area (TPSA) is 15.3 Å². The highest BCUT2D eigenvalue weighted by molar-refractivity contribution is 5.53. The zero-order valence-electron chi connectivity index (χ0n) is 10.5. The van der Waals surface area contributed by atoms with Crippen molar-refractivity contribution in [2.75, 3.05) is 19.0 Å². The maximum atomic E-state index is 3.42. The third-order valence-electron chi connectivity index (χ3n) is 2.46. The van der Waals surface area contributed by atoms with E-state index in [1.54, 1.807) is 0 Å². The Hall–Kier alpha value is -1.02. The molecule has 0 heterocycles. The molecule has 2 heteroatoms. The average Bonchev–Trinajstić information content (AvgIpc) is 2.14. The summed E-state index contributed by atoms with van der Waals surface area (Å²) in [6.07, 6.45) is 0. The molecule has 0 radical (unpaired) electrons. The van der Waals surface area contributed by atoms with Gasteiger partial charge in [-0.1, -0.05) is 26.0 Å². The molecule has 0 atom stereocenters. The fraction of sp³-hybridized carbons (Fsp3) is 0.538. The minimum Gasteiger partial charge on any atom is -0.377 e. The van der Waals surface area contributed by atoms with Gasteiger partial charge >= 0.3 is 0 Å². The molecule has 15 heavy (non-hydrogen) atoms. The molecule has 1 aromatic rings. The number of nitrogens with one attached hydrogen (secondary N) is 1. The molecule has 0 saturated carbocycles. The lowest BCUT2D eigenvalue weighted by atomic mass is 10.1. The van der Waals surface area contributed by atoms with Crippen LogP contribution in [0.15, 0.2) is 18.2 Å². The van der Waals surface area contributed by atoms with Gasteiger partial charge in [0, 0.05) is 32.4 Å². The highest BCUT2D eigenvalue weighted by atomic mass is 15.1. The molecule has 84 valence electrons. The monoisotopic (exact) mass is 206 g/mol. The minimum atomic E-state index is 0.541. The van der Waals surface area contributed by atoms with Gasteiger partial charge in [-0.3, -0.25) is 0 Å². The van der Waals surface area contributed by atoms with Gasteiger partial charge in [-0.2, -0.15) is 0 Å². The quantitative estimate of drug-likeness (QED) is 0.814. The molecule has 1 rings (SSSR count). The molecular formula is C13H22N2. The Morgan fingerprint density at radius 1 is 1.27 bits per heavy atom. The van der Waals surface area contributed by atoms with Gasteiger partial charge < -0.3 is 10.2 Å². The molecule has 0 aliphatic rings. The van der Waals surface area contributed by atoms with Gasteiger partial charge in [0.25, 0.3) is 0 Å². The Balaban J connectivity index is 2.73. The summed E-state index contributed by atoms with van der Waals surface area (Å²) >= 11 is 0. The number of rotatable bonds is 4. The van der Waals surface area contributed by atoms with Crippen molar-refractivity contribution in [1.29, 1.82) is 0 Å². The summed E-state index contributed by atoms with van der Waals surface area (Å²) in [4.78, 5) is 2.15. The number of aryl methyl sites for hydroxylation is 1. The molecule has 1 aromatic carbocycles. The maximum absolute atomic E-state index is 3.42. The number of hydrogen-bond donors (Lipinski definition) is 1. The molecule has 0 bridgehead atoms. The predicted molar refractivity (Wildman–Crippen MR) is 67.5 cm³/mol. The van der Waals surface area contributed by atoms with Gasteiger partial charge in [-0.15, -0.1) is 0 Å². The van der Waals surface area contributed by atoms with Crippen molar-refractivity contribution in [1.82, 2.24) is 5.32 Å². The van der Waals surface area contributed by atoms with E-state index in [-0.39, 0.29) is 0 Å². The third-order valence-corrected chi connectivity index (χ3v) is 2.46. The van der Waals surface area contributed by atoms with Crippen LogP contribution < -0.4 is 10.2 Å². The number of benzene rings is 1. The van der Waals surface area contributed by atoms with E-state index in [1.165, 1.54) is 16.8 Å². The molecule has 0 saturated heterocycles. The van der Waals surface area contributed by atoms with E-state index in [1.807, 2.05) is 0 Å². The summed E-state index contributed by atoms with van der Waals surface area (Å²) in [6, 6.07) is 7.17. The molecular weight excluding hydrogens is 184 g/mol. The molecule has 0 aromatic heterocycles. The lowest BCUT2D eigenvalue weighted by Gasteiger charge is -2.17. The first kappa shape index (κ1) is 12.1. The van der Waals surface area contributed by atoms with Crippen molar-refractivity contribution in [3.05, 3.63) is 29.3 Å². The molecule has 0 unspecified atom stereocenters. The van der Waals surface area contributed by atoms with Gasteiger partial charge in [-0.05, 0) is 24.1 Å². The van der Waals surface area contributed by atoms with Crippen molar-refractivity contribution >= 4 is 5.69 Å². The van der Waals surface area contributed by atoms with Gasteiger partial charge in [0.15, 0.2) is 0 Å². The lowest BCUT2D eigenvalue weighted by Crippen LogP contribution is -2.22. The minimum absolute atomic E-state index is 0.541. The van der Waals surface area contributed by atoms with Crippen LogP contribution in [-0.4, -0.2) is 20.1 Å². The average molecular weight is 206 g/mol. The summed E-state index contributed by atoms with van der Waals surface area (Å²) < 4.78 is 0. The first-order chi connectivity index (χ1) is 7.00. The normalized spacial score (nSPS) is 10.8. The number of hydrogen-bond acceptors (Lipinski definition) is 2. The van der Waals surface area contributed by atoms with Crippen LogP contribution in [0, 0.1) is 6.92 Å². The van der Waals surface area contributed by atoms with Crippen LogP contribution in [0.25, 0.3) is 0 Å². The van der Waals surface area contributed by atoms with Gasteiger partial charge in [0.1, 0.15) is 0 Å². The third kappa shape index (κ3) is 3.56. The van der Waals surface area contributed by atoms with Crippen LogP contribution in [-0.2, 0) is 6.54 Å². The van der Waals surface area contributed by atoms with Crippen molar-refractivity contribution in [2.24, 2.45) is 0 Å². The molecule has 0 aliphatic carbocycles. The molecule has 0 amide bonds. The van der Waals surface area contributed by atoms with Crippen molar-refractivity contribution in [2.45, 2.75) is 33.4 Å². The van der Waals surface area contributed by atoms with Crippen LogP contribution in [0.5, 0.6) is 0 Å². The van der Waals surface area contributed by atoms with Gasteiger partial charge in [-0.25, -0.2) is 0 Å². The van der Waals surface area contributed by atoms with Crippen LogP contribution in [0.3, 0.4) is 0 Å². The largest absolute Gasteiger partial charge is 0.377 e. The van der Waals surface area contributed by atoms with Crippen LogP contribution in [0.4, 0.5) is 5.69 Å². The Bertz CT molecular complexity index is 316.